The number of pyridine rings is 1. The summed E-state index contributed by atoms with van der Waals surface area (Å²) in [5.74, 6) is -1.14. The minimum absolute atomic E-state index is 0. The smallest absolute Gasteiger partial charge is 0.199 e. The third-order valence-electron chi connectivity index (χ3n) is 3.82. The molecule has 0 aliphatic rings. The van der Waals surface area contributed by atoms with Crippen LogP contribution < -0.4 is 5.32 Å². The van der Waals surface area contributed by atoms with Gasteiger partial charge in [-0.05, 0) is 31.5 Å². The van der Waals surface area contributed by atoms with Gasteiger partial charge in [0.25, 0.3) is 0 Å². The molecule has 0 saturated carbocycles. The van der Waals surface area contributed by atoms with Crippen LogP contribution in [0, 0.1) is 5.82 Å². The first-order valence-corrected chi connectivity index (χ1v) is 8.16. The minimum atomic E-state index is -0.638. The predicted octanol–water partition coefficient (Wildman–Crippen LogP) is 3.95. The molecule has 2 aromatic rings. The molecule has 136 valence electrons. The number of hydrogen-bond acceptors (Lipinski definition) is 4. The van der Waals surface area contributed by atoms with Crippen molar-refractivity contribution in [1.29, 1.82) is 0 Å². The largest absolute Gasteiger partial charge is 0.395 e. The number of aliphatic hydroxyl groups is 1. The molecule has 0 aliphatic heterocycles. The first kappa shape index (κ1) is 21.5. The topological polar surface area (TPSA) is 62.2 Å². The predicted molar refractivity (Wildman–Crippen MR) is 99.0 cm³/mol. The van der Waals surface area contributed by atoms with Gasteiger partial charge in [0.05, 0.1) is 17.2 Å². The van der Waals surface area contributed by atoms with Gasteiger partial charge in [0.1, 0.15) is 5.82 Å². The number of hydrogen-bond donors (Lipinski definition) is 2. The first-order valence-electron chi connectivity index (χ1n) is 7.79. The van der Waals surface area contributed by atoms with Crippen molar-refractivity contribution in [1.82, 2.24) is 10.3 Å². The normalized spacial score (nSPS) is 13.0. The van der Waals surface area contributed by atoms with E-state index in [4.69, 9.17) is 11.6 Å². The molecule has 0 bridgehead atoms. The maximum Gasteiger partial charge on any atom is 0.199 e. The average Bonchev–Trinajstić information content (AvgIpc) is 2.60. The van der Waals surface area contributed by atoms with Crippen LogP contribution in [0.15, 0.2) is 36.7 Å². The Morgan fingerprint density at radius 2 is 2.12 bits per heavy atom. The van der Waals surface area contributed by atoms with Crippen molar-refractivity contribution in [3.05, 3.63) is 64.2 Å². The molecule has 1 aromatic heterocycles. The summed E-state index contributed by atoms with van der Waals surface area (Å²) in [6.45, 7) is 3.64. The lowest BCUT2D eigenvalue weighted by molar-refractivity contribution is 0.103. The summed E-state index contributed by atoms with van der Waals surface area (Å²) < 4.78 is 15.0. The molecule has 0 spiro atoms. The van der Waals surface area contributed by atoms with Gasteiger partial charge in [-0.25, -0.2) is 4.39 Å². The Labute approximate surface area is 157 Å². The molecular formula is C18H21Cl2FN2O2. The summed E-state index contributed by atoms with van der Waals surface area (Å²) in [4.78, 5) is 16.5. The number of rotatable bonds is 7. The van der Waals surface area contributed by atoms with Gasteiger partial charge in [-0.1, -0.05) is 24.6 Å². The maximum atomic E-state index is 15.0. The lowest BCUT2D eigenvalue weighted by Crippen LogP contribution is -2.33. The Bertz CT molecular complexity index is 714. The summed E-state index contributed by atoms with van der Waals surface area (Å²) in [7, 11) is 0. The fraction of sp³-hybridized carbons (Fsp3) is 0.333. The molecule has 7 heteroatoms. The molecule has 2 rings (SSSR count). The third kappa shape index (κ3) is 4.98. The van der Waals surface area contributed by atoms with E-state index in [-0.39, 0.29) is 47.2 Å². The van der Waals surface area contributed by atoms with E-state index in [0.717, 1.165) is 0 Å². The summed E-state index contributed by atoms with van der Waals surface area (Å²) in [6, 6.07) is 5.76. The average molecular weight is 387 g/mol. The van der Waals surface area contributed by atoms with E-state index in [1.165, 1.54) is 12.3 Å². The second-order valence-corrected chi connectivity index (χ2v) is 6.01. The van der Waals surface area contributed by atoms with E-state index in [0.29, 0.717) is 12.0 Å². The van der Waals surface area contributed by atoms with Gasteiger partial charge in [-0.3, -0.25) is 9.78 Å². The van der Waals surface area contributed by atoms with Crippen LogP contribution in [0.25, 0.3) is 0 Å². The van der Waals surface area contributed by atoms with Crippen molar-refractivity contribution in [3.63, 3.8) is 0 Å². The summed E-state index contributed by atoms with van der Waals surface area (Å²) in [5.41, 5.74) is 0.480. The van der Waals surface area contributed by atoms with Gasteiger partial charge in [-0.15, -0.1) is 12.4 Å². The van der Waals surface area contributed by atoms with Gasteiger partial charge >= 0.3 is 0 Å². The monoisotopic (exact) mass is 386 g/mol. The number of carbonyl (C=O) groups excluding carboxylic acids is 1. The van der Waals surface area contributed by atoms with E-state index in [1.54, 1.807) is 31.3 Å². The molecule has 0 unspecified atom stereocenters. The van der Waals surface area contributed by atoms with Crippen molar-refractivity contribution >= 4 is 29.8 Å². The molecule has 0 amide bonds. The van der Waals surface area contributed by atoms with Crippen molar-refractivity contribution < 1.29 is 14.3 Å². The Morgan fingerprint density at radius 3 is 2.68 bits per heavy atom. The fourth-order valence-electron chi connectivity index (χ4n) is 2.51. The molecule has 0 fully saturated rings. The molecular weight excluding hydrogens is 366 g/mol. The Morgan fingerprint density at radius 1 is 1.40 bits per heavy atom. The minimum Gasteiger partial charge on any atom is -0.395 e. The zero-order chi connectivity index (χ0) is 17.7. The number of halogens is 3. The summed E-state index contributed by atoms with van der Waals surface area (Å²) in [6.07, 6.45) is 3.52. The highest BCUT2D eigenvalue weighted by Crippen LogP contribution is 2.29. The van der Waals surface area contributed by atoms with Crippen LogP contribution in [0.1, 0.15) is 47.8 Å². The van der Waals surface area contributed by atoms with E-state index >= 15 is 4.39 Å². The second-order valence-electron chi connectivity index (χ2n) is 5.61. The Hall–Kier alpha value is -1.53. The number of carbonyl (C=O) groups is 1. The van der Waals surface area contributed by atoms with Crippen LogP contribution in [0.4, 0.5) is 4.39 Å². The molecule has 0 saturated heterocycles. The molecule has 0 radical (unpaired) electrons. The highest BCUT2D eigenvalue weighted by atomic mass is 35.5. The van der Waals surface area contributed by atoms with Crippen LogP contribution in [-0.4, -0.2) is 28.5 Å². The fourth-order valence-corrected chi connectivity index (χ4v) is 2.74. The Kier molecular flexibility index (Phi) is 8.45. The quantitative estimate of drug-likeness (QED) is 0.707. The standard InChI is InChI=1S/C18H20ClFN2O2.ClH/c1-3-15(22-11(2)10-23)13-6-7-14(19)16(17(13)20)18(24)12-5-4-8-21-9-12;/h4-9,11,15,22-23H,3,10H2,1-2H3;1H/t11-,15-;/m1./s1. The van der Waals surface area contributed by atoms with Crippen LogP contribution in [-0.2, 0) is 0 Å². The lowest BCUT2D eigenvalue weighted by atomic mass is 9.96. The van der Waals surface area contributed by atoms with Crippen LogP contribution in [0.5, 0.6) is 0 Å². The highest BCUT2D eigenvalue weighted by molar-refractivity contribution is 6.35. The molecule has 25 heavy (non-hydrogen) atoms. The first-order chi connectivity index (χ1) is 11.5. The number of nitrogens with zero attached hydrogens (tertiary/aromatic N) is 1. The number of nitrogens with one attached hydrogen (secondary N) is 1. The molecule has 2 N–H and O–H groups in total. The van der Waals surface area contributed by atoms with Gasteiger partial charge < -0.3 is 10.4 Å². The van der Waals surface area contributed by atoms with Gasteiger partial charge in [0.15, 0.2) is 5.78 Å². The lowest BCUT2D eigenvalue weighted by Gasteiger charge is -2.23. The molecule has 2 atom stereocenters. The Balaban J connectivity index is 0.00000312. The SMILES string of the molecule is CC[C@@H](N[C@H](C)CO)c1ccc(Cl)c(C(=O)c2cccnc2)c1F.Cl. The summed E-state index contributed by atoms with van der Waals surface area (Å²) in [5, 5.41) is 12.4. The zero-order valence-electron chi connectivity index (χ0n) is 14.0. The van der Waals surface area contributed by atoms with Crippen LogP contribution in [0.3, 0.4) is 0 Å². The highest BCUT2D eigenvalue weighted by Gasteiger charge is 2.24. The molecule has 1 heterocycles. The van der Waals surface area contributed by atoms with Crippen molar-refractivity contribution in [2.24, 2.45) is 0 Å². The number of aliphatic hydroxyl groups excluding tert-OH is 1. The van der Waals surface area contributed by atoms with Crippen LogP contribution in [0.2, 0.25) is 5.02 Å². The van der Waals surface area contributed by atoms with Crippen molar-refractivity contribution in [3.8, 4) is 0 Å². The van der Waals surface area contributed by atoms with Crippen LogP contribution >= 0.6 is 24.0 Å². The van der Waals surface area contributed by atoms with Crippen molar-refractivity contribution in [2.75, 3.05) is 6.61 Å². The zero-order valence-corrected chi connectivity index (χ0v) is 15.6. The summed E-state index contributed by atoms with van der Waals surface area (Å²) >= 11 is 6.09. The number of benzene rings is 1. The third-order valence-corrected chi connectivity index (χ3v) is 4.13. The van der Waals surface area contributed by atoms with Gasteiger partial charge in [-0.2, -0.15) is 0 Å². The maximum absolute atomic E-state index is 15.0. The number of ketones is 1. The molecule has 4 nitrogen and oxygen atoms in total. The van der Waals surface area contributed by atoms with E-state index in [9.17, 15) is 9.90 Å². The second kappa shape index (κ2) is 9.82. The van der Waals surface area contributed by atoms with E-state index < -0.39 is 11.6 Å². The van der Waals surface area contributed by atoms with Gasteiger partial charge in [0, 0.05) is 35.6 Å². The van der Waals surface area contributed by atoms with Crippen molar-refractivity contribution in [2.45, 2.75) is 32.4 Å². The number of aromatic nitrogens is 1. The molecule has 0 aliphatic carbocycles. The van der Waals surface area contributed by atoms with E-state index in [1.807, 2.05) is 6.92 Å². The van der Waals surface area contributed by atoms with E-state index in [2.05, 4.69) is 10.3 Å². The molecule has 1 aromatic carbocycles. The van der Waals surface area contributed by atoms with Gasteiger partial charge in [0.2, 0.25) is 0 Å².